The molecule has 4 rings (SSSR count). The Balaban J connectivity index is 1.40. The van der Waals surface area contributed by atoms with Crippen molar-refractivity contribution in [1.82, 2.24) is 15.0 Å². The number of nitrogens with zero attached hydrogens (tertiary/aromatic N) is 3. The Hall–Kier alpha value is -3.61. The highest BCUT2D eigenvalue weighted by atomic mass is 16.6. The van der Waals surface area contributed by atoms with E-state index in [1.807, 2.05) is 54.1 Å². The number of rotatable bonds is 4. The maximum absolute atomic E-state index is 12.3. The molecule has 1 aromatic heterocycles. The van der Waals surface area contributed by atoms with Gasteiger partial charge in [0.25, 0.3) is 5.91 Å². The number of carbonyl (C=O) groups excluding carboxylic acids is 1. The normalized spacial score (nSPS) is 16.0. The third-order valence-electron chi connectivity index (χ3n) is 4.22. The van der Waals surface area contributed by atoms with Gasteiger partial charge in [0, 0.05) is 18.1 Å². The summed E-state index contributed by atoms with van der Waals surface area (Å²) in [6.07, 6.45) is 4.60. The molecular weight excluding hydrogens is 344 g/mol. The zero-order valence-corrected chi connectivity index (χ0v) is 14.7. The summed E-state index contributed by atoms with van der Waals surface area (Å²) in [6, 6.07) is 15.1. The molecule has 0 fully saturated rings. The van der Waals surface area contributed by atoms with E-state index in [1.54, 1.807) is 24.7 Å². The van der Waals surface area contributed by atoms with Gasteiger partial charge in [-0.2, -0.15) is 5.10 Å². The van der Waals surface area contributed by atoms with Crippen molar-refractivity contribution in [3.8, 4) is 17.2 Å². The van der Waals surface area contributed by atoms with Crippen LogP contribution in [0.3, 0.4) is 0 Å². The van der Waals surface area contributed by atoms with E-state index in [9.17, 15) is 4.79 Å². The standard InChI is InChI=1S/C20H18N4O3/c1-14(15-6-8-16(9-7-15)24-11-10-21-13-24)22-23-20(25)19-12-26-17-4-2-3-5-18(17)27-19/h2-11,13,19H,12H2,1H3,(H,23,25)/b22-14+. The van der Waals surface area contributed by atoms with Gasteiger partial charge in [-0.1, -0.05) is 24.3 Å². The van der Waals surface area contributed by atoms with Crippen LogP contribution in [0.1, 0.15) is 12.5 Å². The van der Waals surface area contributed by atoms with Crippen molar-refractivity contribution >= 4 is 11.6 Å². The fraction of sp³-hybridized carbons (Fsp3) is 0.150. The van der Waals surface area contributed by atoms with Gasteiger partial charge in [-0.15, -0.1) is 0 Å². The average molecular weight is 362 g/mol. The third-order valence-corrected chi connectivity index (χ3v) is 4.22. The molecule has 2 heterocycles. The van der Waals surface area contributed by atoms with Gasteiger partial charge >= 0.3 is 0 Å². The minimum atomic E-state index is -0.736. The molecule has 1 atom stereocenters. The van der Waals surface area contributed by atoms with Crippen molar-refractivity contribution < 1.29 is 14.3 Å². The van der Waals surface area contributed by atoms with Crippen molar-refractivity contribution in [1.29, 1.82) is 0 Å². The summed E-state index contributed by atoms with van der Waals surface area (Å²) in [4.78, 5) is 16.4. The molecule has 136 valence electrons. The molecular formula is C20H18N4O3. The molecule has 0 saturated heterocycles. The van der Waals surface area contributed by atoms with Crippen molar-refractivity contribution in [2.75, 3.05) is 6.61 Å². The van der Waals surface area contributed by atoms with Crippen molar-refractivity contribution in [3.05, 3.63) is 72.8 Å². The zero-order chi connectivity index (χ0) is 18.6. The summed E-state index contributed by atoms with van der Waals surface area (Å²) < 4.78 is 13.1. The molecule has 7 heteroatoms. The van der Waals surface area contributed by atoms with E-state index in [0.717, 1.165) is 11.3 Å². The Morgan fingerprint density at radius 2 is 1.96 bits per heavy atom. The summed E-state index contributed by atoms with van der Waals surface area (Å²) in [5, 5.41) is 4.18. The van der Waals surface area contributed by atoms with Gasteiger partial charge in [-0.05, 0) is 36.8 Å². The smallest absolute Gasteiger partial charge is 0.284 e. The summed E-state index contributed by atoms with van der Waals surface area (Å²) in [5.74, 6) is 0.845. The van der Waals surface area contributed by atoms with E-state index in [1.165, 1.54) is 0 Å². The SMILES string of the molecule is C/C(=N\NC(=O)C1COc2ccccc2O1)c1ccc(-n2ccnc2)cc1. The molecule has 1 aliphatic heterocycles. The maximum atomic E-state index is 12.3. The van der Waals surface area contributed by atoms with Gasteiger partial charge in [-0.3, -0.25) is 4.79 Å². The average Bonchev–Trinajstić information content (AvgIpc) is 3.26. The second-order valence-corrected chi connectivity index (χ2v) is 6.05. The van der Waals surface area contributed by atoms with E-state index in [4.69, 9.17) is 9.47 Å². The number of fused-ring (bicyclic) bond motifs is 1. The lowest BCUT2D eigenvalue weighted by Gasteiger charge is -2.24. The molecule has 1 N–H and O–H groups in total. The van der Waals surface area contributed by atoms with Crippen LogP contribution >= 0.6 is 0 Å². The lowest BCUT2D eigenvalue weighted by molar-refractivity contribution is -0.130. The highest BCUT2D eigenvalue weighted by Gasteiger charge is 2.27. The Bertz CT molecular complexity index is 965. The van der Waals surface area contributed by atoms with Gasteiger partial charge in [0.05, 0.1) is 12.0 Å². The molecule has 3 aromatic rings. The molecule has 0 saturated carbocycles. The topological polar surface area (TPSA) is 77.7 Å². The molecule has 2 aromatic carbocycles. The van der Waals surface area contributed by atoms with E-state index in [2.05, 4.69) is 15.5 Å². The van der Waals surface area contributed by atoms with Crippen LogP contribution in [0.25, 0.3) is 5.69 Å². The molecule has 7 nitrogen and oxygen atoms in total. The van der Waals surface area contributed by atoms with Gasteiger partial charge in [0.2, 0.25) is 6.10 Å². The molecule has 1 aliphatic rings. The molecule has 0 aliphatic carbocycles. The quantitative estimate of drug-likeness (QED) is 0.572. The predicted octanol–water partition coefficient (Wildman–Crippen LogP) is 2.55. The Labute approximate surface area is 156 Å². The first kappa shape index (κ1) is 16.8. The summed E-state index contributed by atoms with van der Waals surface area (Å²) in [7, 11) is 0. The fourth-order valence-electron chi connectivity index (χ4n) is 2.71. The van der Waals surface area contributed by atoms with E-state index >= 15 is 0 Å². The Kier molecular flexibility index (Phi) is 4.57. The van der Waals surface area contributed by atoms with Crippen LogP contribution in [-0.4, -0.2) is 33.9 Å². The first-order valence-electron chi connectivity index (χ1n) is 8.52. The second kappa shape index (κ2) is 7.33. The number of amides is 1. The number of imidazole rings is 1. The number of hydrogen-bond acceptors (Lipinski definition) is 5. The van der Waals surface area contributed by atoms with Crippen LogP contribution in [0.2, 0.25) is 0 Å². The molecule has 1 amide bonds. The number of hydrogen-bond donors (Lipinski definition) is 1. The molecule has 1 unspecified atom stereocenters. The number of benzene rings is 2. The minimum absolute atomic E-state index is 0.150. The van der Waals surface area contributed by atoms with E-state index in [0.29, 0.717) is 17.2 Å². The first-order chi connectivity index (χ1) is 13.2. The Morgan fingerprint density at radius 1 is 1.19 bits per heavy atom. The highest BCUT2D eigenvalue weighted by Crippen LogP contribution is 2.30. The van der Waals surface area contributed by atoms with E-state index in [-0.39, 0.29) is 12.5 Å². The number of carbonyl (C=O) groups is 1. The largest absolute Gasteiger partial charge is 0.485 e. The van der Waals surface area contributed by atoms with Crippen LogP contribution < -0.4 is 14.9 Å². The predicted molar refractivity (Wildman–Crippen MR) is 100 cm³/mol. The fourth-order valence-corrected chi connectivity index (χ4v) is 2.71. The second-order valence-electron chi connectivity index (χ2n) is 6.05. The van der Waals surface area contributed by atoms with Crippen LogP contribution in [0.5, 0.6) is 11.5 Å². The van der Waals surface area contributed by atoms with Gasteiger partial charge in [0.15, 0.2) is 11.5 Å². The van der Waals surface area contributed by atoms with Crippen molar-refractivity contribution in [3.63, 3.8) is 0 Å². The van der Waals surface area contributed by atoms with Crippen molar-refractivity contribution in [2.45, 2.75) is 13.0 Å². The summed E-state index contributed by atoms with van der Waals surface area (Å²) in [6.45, 7) is 1.98. The van der Waals surface area contributed by atoms with Crippen LogP contribution in [-0.2, 0) is 4.79 Å². The van der Waals surface area contributed by atoms with Crippen LogP contribution in [0, 0.1) is 0 Å². The third kappa shape index (κ3) is 3.67. The summed E-state index contributed by atoms with van der Waals surface area (Å²) in [5.41, 5.74) is 5.15. The number of hydrazone groups is 1. The monoisotopic (exact) mass is 362 g/mol. The first-order valence-corrected chi connectivity index (χ1v) is 8.52. The number of ether oxygens (including phenoxy) is 2. The lowest BCUT2D eigenvalue weighted by Crippen LogP contribution is -2.42. The van der Waals surface area contributed by atoms with E-state index < -0.39 is 6.10 Å². The molecule has 0 bridgehead atoms. The number of nitrogens with one attached hydrogen (secondary N) is 1. The van der Waals surface area contributed by atoms with Gasteiger partial charge in [0.1, 0.15) is 6.61 Å². The van der Waals surface area contributed by atoms with Gasteiger partial charge in [-0.25, -0.2) is 10.4 Å². The van der Waals surface area contributed by atoms with Crippen LogP contribution in [0.15, 0.2) is 72.4 Å². The zero-order valence-electron chi connectivity index (χ0n) is 14.7. The number of aromatic nitrogens is 2. The molecule has 0 radical (unpaired) electrons. The Morgan fingerprint density at radius 3 is 2.70 bits per heavy atom. The molecule has 27 heavy (non-hydrogen) atoms. The lowest BCUT2D eigenvalue weighted by atomic mass is 10.1. The number of para-hydroxylation sites is 2. The summed E-state index contributed by atoms with van der Waals surface area (Å²) >= 11 is 0. The van der Waals surface area contributed by atoms with Crippen molar-refractivity contribution in [2.24, 2.45) is 5.10 Å². The van der Waals surface area contributed by atoms with Gasteiger partial charge < -0.3 is 14.0 Å². The highest BCUT2D eigenvalue weighted by molar-refractivity contribution is 5.99. The molecule has 0 spiro atoms. The maximum Gasteiger partial charge on any atom is 0.284 e. The minimum Gasteiger partial charge on any atom is -0.485 e. The van der Waals surface area contributed by atoms with Crippen LogP contribution in [0.4, 0.5) is 0 Å².